The number of aryl methyl sites for hydroxylation is 1. The van der Waals surface area contributed by atoms with E-state index in [4.69, 9.17) is 0 Å². The van der Waals surface area contributed by atoms with Gasteiger partial charge in [0.1, 0.15) is 5.69 Å². The van der Waals surface area contributed by atoms with Gasteiger partial charge in [-0.15, -0.1) is 0 Å². The highest BCUT2D eigenvalue weighted by atomic mass is 19.3. The van der Waals surface area contributed by atoms with Crippen LogP contribution in [-0.2, 0) is 30.7 Å². The summed E-state index contributed by atoms with van der Waals surface area (Å²) in [5.41, 5.74) is 4.42. The fourth-order valence-electron chi connectivity index (χ4n) is 4.71. The number of aromatic nitrogens is 2. The molecular formula is C21H22F2N4O. The maximum absolute atomic E-state index is 13.5. The van der Waals surface area contributed by atoms with Gasteiger partial charge in [-0.1, -0.05) is 0 Å². The number of carbonyl (C=O) groups excluding carboxylic acids is 1. The molecule has 1 saturated heterocycles. The Labute approximate surface area is 162 Å². The normalized spacial score (nSPS) is 18.4. The minimum atomic E-state index is -2.59. The number of anilines is 1. The first-order chi connectivity index (χ1) is 13.6. The molecule has 7 heteroatoms. The third-order valence-electron chi connectivity index (χ3n) is 6.17. The first kappa shape index (κ1) is 17.5. The van der Waals surface area contributed by atoms with Gasteiger partial charge in [0.25, 0.3) is 6.43 Å². The maximum atomic E-state index is 13.5. The number of halogens is 2. The van der Waals surface area contributed by atoms with Gasteiger partial charge in [0.2, 0.25) is 5.91 Å². The number of fused-ring (bicyclic) bond motifs is 3. The van der Waals surface area contributed by atoms with Crippen LogP contribution in [0.5, 0.6) is 0 Å². The molecule has 4 heterocycles. The molecule has 28 heavy (non-hydrogen) atoms. The van der Waals surface area contributed by atoms with E-state index in [-0.39, 0.29) is 18.1 Å². The molecule has 146 valence electrons. The third kappa shape index (κ3) is 2.93. The molecule has 5 rings (SSSR count). The van der Waals surface area contributed by atoms with E-state index in [0.29, 0.717) is 24.4 Å². The zero-order valence-electron chi connectivity index (χ0n) is 15.6. The van der Waals surface area contributed by atoms with E-state index in [9.17, 15) is 13.6 Å². The Balaban J connectivity index is 1.26. The van der Waals surface area contributed by atoms with Gasteiger partial charge in [-0.3, -0.25) is 14.8 Å². The zero-order chi connectivity index (χ0) is 19.3. The van der Waals surface area contributed by atoms with Gasteiger partial charge in [-0.2, -0.15) is 0 Å². The van der Waals surface area contributed by atoms with Crippen molar-refractivity contribution >= 4 is 11.6 Å². The highest BCUT2D eigenvalue weighted by Gasteiger charge is 2.36. The number of carbonyl (C=O) groups is 1. The Bertz CT molecular complexity index is 912. The summed E-state index contributed by atoms with van der Waals surface area (Å²) in [5, 5.41) is 0. The summed E-state index contributed by atoms with van der Waals surface area (Å²) in [6.07, 6.45) is 4.06. The van der Waals surface area contributed by atoms with Crippen molar-refractivity contribution < 1.29 is 13.6 Å². The predicted octanol–water partition coefficient (Wildman–Crippen LogP) is 3.27. The second-order valence-corrected chi connectivity index (χ2v) is 7.97. The molecule has 0 N–H and O–H groups in total. The number of rotatable bonds is 4. The molecule has 1 amide bonds. The molecule has 2 aromatic heterocycles. The number of pyridine rings is 2. The first-order valence-corrected chi connectivity index (χ1v) is 9.84. The molecule has 1 aliphatic carbocycles. The van der Waals surface area contributed by atoms with Crippen LogP contribution in [0.2, 0.25) is 0 Å². The van der Waals surface area contributed by atoms with Gasteiger partial charge in [-0.05, 0) is 42.5 Å². The van der Waals surface area contributed by atoms with Crippen molar-refractivity contribution in [2.24, 2.45) is 5.92 Å². The van der Waals surface area contributed by atoms with Crippen LogP contribution in [0.15, 0.2) is 24.5 Å². The summed E-state index contributed by atoms with van der Waals surface area (Å²) >= 11 is 0. The van der Waals surface area contributed by atoms with Crippen LogP contribution >= 0.6 is 0 Å². The minimum Gasteiger partial charge on any atom is -0.370 e. The van der Waals surface area contributed by atoms with Gasteiger partial charge in [0.15, 0.2) is 0 Å². The Morgan fingerprint density at radius 1 is 1.18 bits per heavy atom. The fourth-order valence-corrected chi connectivity index (χ4v) is 4.71. The molecule has 3 aliphatic rings. The zero-order valence-corrected chi connectivity index (χ0v) is 15.6. The van der Waals surface area contributed by atoms with Crippen LogP contribution in [0.1, 0.15) is 47.3 Å². The highest BCUT2D eigenvalue weighted by Crippen LogP contribution is 2.38. The molecule has 2 aromatic rings. The third-order valence-corrected chi connectivity index (χ3v) is 6.17. The maximum Gasteiger partial charge on any atom is 0.280 e. The molecule has 5 nitrogen and oxygen atoms in total. The van der Waals surface area contributed by atoms with Crippen molar-refractivity contribution in [2.45, 2.75) is 45.2 Å². The number of amides is 1. The van der Waals surface area contributed by atoms with Crippen LogP contribution in [0.25, 0.3) is 0 Å². The number of nitrogens with zero attached hydrogens (tertiary/aromatic N) is 4. The highest BCUT2D eigenvalue weighted by molar-refractivity contribution is 5.78. The number of alkyl halides is 2. The van der Waals surface area contributed by atoms with Crippen molar-refractivity contribution in [2.75, 3.05) is 18.0 Å². The lowest BCUT2D eigenvalue weighted by Gasteiger charge is -2.41. The van der Waals surface area contributed by atoms with Gasteiger partial charge in [0, 0.05) is 56.0 Å². The van der Waals surface area contributed by atoms with E-state index in [1.165, 1.54) is 0 Å². The molecule has 2 aliphatic heterocycles. The smallest absolute Gasteiger partial charge is 0.280 e. The lowest BCUT2D eigenvalue weighted by molar-refractivity contribution is -0.133. The van der Waals surface area contributed by atoms with E-state index >= 15 is 0 Å². The van der Waals surface area contributed by atoms with Crippen molar-refractivity contribution in [1.29, 1.82) is 0 Å². The van der Waals surface area contributed by atoms with E-state index in [1.807, 2.05) is 18.3 Å². The van der Waals surface area contributed by atoms with Crippen molar-refractivity contribution in [3.63, 3.8) is 0 Å². The molecule has 0 unspecified atom stereocenters. The Morgan fingerprint density at radius 3 is 2.75 bits per heavy atom. The molecule has 0 atom stereocenters. The van der Waals surface area contributed by atoms with E-state index < -0.39 is 6.43 Å². The summed E-state index contributed by atoms with van der Waals surface area (Å²) in [7, 11) is 0. The summed E-state index contributed by atoms with van der Waals surface area (Å²) in [4.78, 5) is 25.1. The topological polar surface area (TPSA) is 49.3 Å². The van der Waals surface area contributed by atoms with Crippen LogP contribution < -0.4 is 4.90 Å². The summed E-state index contributed by atoms with van der Waals surface area (Å²) in [5.74, 6) is 0.355. The van der Waals surface area contributed by atoms with Gasteiger partial charge >= 0.3 is 0 Å². The molecule has 0 spiro atoms. The molecular weight excluding hydrogens is 362 g/mol. The molecule has 0 saturated carbocycles. The summed E-state index contributed by atoms with van der Waals surface area (Å²) in [6, 6.07) is 3.92. The van der Waals surface area contributed by atoms with Crippen LogP contribution in [0.3, 0.4) is 0 Å². The summed E-state index contributed by atoms with van der Waals surface area (Å²) < 4.78 is 27.0. The van der Waals surface area contributed by atoms with E-state index in [0.717, 1.165) is 54.9 Å². The van der Waals surface area contributed by atoms with Gasteiger partial charge in [0.05, 0.1) is 11.9 Å². The summed E-state index contributed by atoms with van der Waals surface area (Å²) in [6.45, 7) is 2.39. The molecule has 0 radical (unpaired) electrons. The van der Waals surface area contributed by atoms with Crippen LogP contribution in [0, 0.1) is 5.92 Å². The second kappa shape index (κ2) is 6.79. The quantitative estimate of drug-likeness (QED) is 0.812. The standard InChI is InChI=1S/C21H22F2N4O/c22-21(23)20-17-12-27(11-16(17)15-4-1-5-18(15)25-20)19(28)7-13-9-26(10-13)14-3-2-6-24-8-14/h2-3,6,8,13,21H,1,4-5,7,9-12H2. The van der Waals surface area contributed by atoms with Crippen molar-refractivity contribution in [3.8, 4) is 0 Å². The van der Waals surface area contributed by atoms with Gasteiger partial charge in [-0.25, -0.2) is 8.78 Å². The monoisotopic (exact) mass is 384 g/mol. The number of hydrogen-bond donors (Lipinski definition) is 0. The van der Waals surface area contributed by atoms with E-state index in [2.05, 4.69) is 14.9 Å². The number of hydrogen-bond acceptors (Lipinski definition) is 4. The largest absolute Gasteiger partial charge is 0.370 e. The Kier molecular flexibility index (Phi) is 4.25. The van der Waals surface area contributed by atoms with Crippen molar-refractivity contribution in [1.82, 2.24) is 14.9 Å². The SMILES string of the molecule is O=C(CC1CN(c2cccnc2)C1)N1Cc2c(C(F)F)nc3c(c2C1)CCC3. The Morgan fingerprint density at radius 2 is 2.00 bits per heavy atom. The lowest BCUT2D eigenvalue weighted by Crippen LogP contribution is -2.48. The average Bonchev–Trinajstić information content (AvgIpc) is 3.30. The average molecular weight is 384 g/mol. The lowest BCUT2D eigenvalue weighted by atomic mass is 9.95. The van der Waals surface area contributed by atoms with E-state index in [1.54, 1.807) is 11.1 Å². The fraction of sp³-hybridized carbons (Fsp3) is 0.476. The van der Waals surface area contributed by atoms with Crippen LogP contribution in [-0.4, -0.2) is 33.9 Å². The van der Waals surface area contributed by atoms with Crippen LogP contribution in [0.4, 0.5) is 14.5 Å². The minimum absolute atomic E-state index is 0.0546. The second-order valence-electron chi connectivity index (χ2n) is 7.97. The molecule has 1 fully saturated rings. The first-order valence-electron chi connectivity index (χ1n) is 9.84. The van der Waals surface area contributed by atoms with Gasteiger partial charge < -0.3 is 9.80 Å². The van der Waals surface area contributed by atoms with Crippen molar-refractivity contribution in [3.05, 3.63) is 52.6 Å². The molecule has 0 bridgehead atoms. The Hall–Kier alpha value is -2.57. The predicted molar refractivity (Wildman–Crippen MR) is 100 cm³/mol. The molecule has 0 aromatic carbocycles.